The maximum absolute atomic E-state index is 11.0. The summed E-state index contributed by atoms with van der Waals surface area (Å²) in [6, 6.07) is 0. The van der Waals surface area contributed by atoms with Crippen LogP contribution in [0.15, 0.2) is 0 Å². The van der Waals surface area contributed by atoms with Gasteiger partial charge >= 0.3 is 5.97 Å². The highest BCUT2D eigenvalue weighted by Gasteiger charge is 2.31. The summed E-state index contributed by atoms with van der Waals surface area (Å²) in [6.07, 6.45) is 3.31. The van der Waals surface area contributed by atoms with Crippen molar-refractivity contribution in [1.82, 2.24) is 0 Å². The highest BCUT2D eigenvalue weighted by Crippen LogP contribution is 2.27. The van der Waals surface area contributed by atoms with E-state index in [2.05, 4.69) is 6.92 Å². The molecule has 1 aliphatic heterocycles. The number of carboxylic acid groups (broad SMARTS) is 1. The van der Waals surface area contributed by atoms with Crippen LogP contribution >= 0.6 is 11.8 Å². The van der Waals surface area contributed by atoms with Crippen molar-refractivity contribution in [1.29, 1.82) is 0 Å². The quantitative estimate of drug-likeness (QED) is 0.684. The van der Waals surface area contributed by atoms with Gasteiger partial charge < -0.3 is 15.6 Å². The summed E-state index contributed by atoms with van der Waals surface area (Å²) in [7, 11) is 0. The first kappa shape index (κ1) is 14.8. The van der Waals surface area contributed by atoms with Crippen LogP contribution in [0.4, 0.5) is 0 Å². The summed E-state index contributed by atoms with van der Waals surface area (Å²) in [6.45, 7) is 4.78. The topological polar surface area (TPSA) is 72.5 Å². The van der Waals surface area contributed by atoms with Gasteiger partial charge in [0.05, 0.1) is 6.10 Å². The number of thioether (sulfide) groups is 1. The predicted octanol–water partition coefficient (Wildman–Crippen LogP) is 1.87. The molecular weight excluding hydrogens is 238 g/mol. The fourth-order valence-corrected chi connectivity index (χ4v) is 3.21. The Morgan fingerprint density at radius 2 is 2.35 bits per heavy atom. The molecule has 100 valence electrons. The second-order valence-corrected chi connectivity index (χ2v) is 6.04. The van der Waals surface area contributed by atoms with Gasteiger partial charge in [-0.1, -0.05) is 6.92 Å². The van der Waals surface area contributed by atoms with Crippen LogP contribution in [-0.4, -0.2) is 40.3 Å². The Labute approximate surface area is 107 Å². The molecule has 1 aliphatic rings. The summed E-state index contributed by atoms with van der Waals surface area (Å²) in [5, 5.41) is 9.60. The highest BCUT2D eigenvalue weighted by atomic mass is 32.2. The van der Waals surface area contributed by atoms with Crippen molar-refractivity contribution in [2.75, 3.05) is 12.4 Å². The highest BCUT2D eigenvalue weighted by molar-refractivity contribution is 7.99. The Morgan fingerprint density at radius 3 is 2.82 bits per heavy atom. The molecule has 0 amide bonds. The lowest BCUT2D eigenvalue weighted by Crippen LogP contribution is -2.47. The summed E-state index contributed by atoms with van der Waals surface area (Å²) >= 11 is 1.88. The van der Waals surface area contributed by atoms with E-state index in [1.54, 1.807) is 0 Å². The summed E-state index contributed by atoms with van der Waals surface area (Å²) in [4.78, 5) is 11.0. The van der Waals surface area contributed by atoms with E-state index in [-0.39, 0.29) is 0 Å². The monoisotopic (exact) mass is 261 g/mol. The van der Waals surface area contributed by atoms with Crippen LogP contribution in [0.3, 0.4) is 0 Å². The number of aliphatic carboxylic acids is 1. The average molecular weight is 261 g/mol. The second kappa shape index (κ2) is 6.61. The van der Waals surface area contributed by atoms with Crippen LogP contribution in [0.2, 0.25) is 0 Å². The molecule has 5 heteroatoms. The number of carboxylic acids is 1. The number of ether oxygens (including phenoxy) is 1. The number of carbonyl (C=O) groups is 1. The van der Waals surface area contributed by atoms with E-state index >= 15 is 0 Å². The van der Waals surface area contributed by atoms with Crippen LogP contribution < -0.4 is 5.73 Å². The maximum atomic E-state index is 11.0. The maximum Gasteiger partial charge on any atom is 0.323 e. The van der Waals surface area contributed by atoms with Gasteiger partial charge in [0.15, 0.2) is 0 Å². The zero-order chi connectivity index (χ0) is 12.9. The van der Waals surface area contributed by atoms with Gasteiger partial charge in [0.2, 0.25) is 0 Å². The SMILES string of the molecule is CCC(N)(CCCSC1CCOC1C)C(=O)O. The molecule has 4 nitrogen and oxygen atoms in total. The van der Waals surface area contributed by atoms with E-state index in [1.165, 1.54) is 0 Å². The van der Waals surface area contributed by atoms with Gasteiger partial charge in [-0.25, -0.2) is 0 Å². The molecule has 17 heavy (non-hydrogen) atoms. The third kappa shape index (κ3) is 4.16. The van der Waals surface area contributed by atoms with E-state index in [1.807, 2.05) is 18.7 Å². The first-order chi connectivity index (χ1) is 7.99. The fraction of sp³-hybridized carbons (Fsp3) is 0.917. The third-order valence-electron chi connectivity index (χ3n) is 3.46. The normalized spacial score (nSPS) is 27.9. The molecule has 0 aromatic carbocycles. The summed E-state index contributed by atoms with van der Waals surface area (Å²) < 4.78 is 5.48. The Balaban J connectivity index is 2.21. The van der Waals surface area contributed by atoms with Crippen molar-refractivity contribution in [2.45, 2.75) is 56.4 Å². The number of hydrogen-bond acceptors (Lipinski definition) is 4. The minimum atomic E-state index is -1.04. The minimum Gasteiger partial charge on any atom is -0.480 e. The molecule has 3 N–H and O–H groups in total. The molecule has 3 unspecified atom stereocenters. The van der Waals surface area contributed by atoms with E-state index in [9.17, 15) is 4.79 Å². The summed E-state index contributed by atoms with van der Waals surface area (Å²) in [5.74, 6) is 0.0764. The Hall–Kier alpha value is -0.260. The molecule has 1 rings (SSSR count). The van der Waals surface area contributed by atoms with Crippen molar-refractivity contribution in [3.05, 3.63) is 0 Å². The van der Waals surface area contributed by atoms with E-state index < -0.39 is 11.5 Å². The van der Waals surface area contributed by atoms with E-state index in [4.69, 9.17) is 15.6 Å². The molecule has 0 spiro atoms. The molecular formula is C12H23NO3S. The van der Waals surface area contributed by atoms with Gasteiger partial charge in [0.1, 0.15) is 5.54 Å². The third-order valence-corrected chi connectivity index (χ3v) is 5.03. The van der Waals surface area contributed by atoms with Crippen LogP contribution in [-0.2, 0) is 9.53 Å². The van der Waals surface area contributed by atoms with Gasteiger partial charge in [0, 0.05) is 11.9 Å². The van der Waals surface area contributed by atoms with Gasteiger partial charge in [-0.2, -0.15) is 11.8 Å². The standard InChI is InChI=1S/C12H23NO3S/c1-3-12(13,11(14)15)6-4-8-17-10-5-7-16-9(10)2/h9-10H,3-8,13H2,1-2H3,(H,14,15). The number of hydrogen-bond donors (Lipinski definition) is 2. The van der Waals surface area contributed by atoms with Crippen molar-refractivity contribution in [3.8, 4) is 0 Å². The molecule has 3 atom stereocenters. The lowest BCUT2D eigenvalue weighted by atomic mass is 9.92. The van der Waals surface area contributed by atoms with Crippen LogP contribution in [0, 0.1) is 0 Å². The molecule has 0 bridgehead atoms. The van der Waals surface area contributed by atoms with Crippen molar-refractivity contribution in [2.24, 2.45) is 5.73 Å². The second-order valence-electron chi connectivity index (χ2n) is 4.69. The number of rotatable bonds is 7. The van der Waals surface area contributed by atoms with Crippen molar-refractivity contribution in [3.63, 3.8) is 0 Å². The van der Waals surface area contributed by atoms with Crippen LogP contribution in [0.1, 0.15) is 39.5 Å². The minimum absolute atomic E-state index is 0.327. The smallest absolute Gasteiger partial charge is 0.323 e. The molecule has 0 aromatic rings. The van der Waals surface area contributed by atoms with E-state index in [0.717, 1.165) is 25.2 Å². The molecule has 0 aliphatic carbocycles. The Kier molecular flexibility index (Phi) is 5.76. The van der Waals surface area contributed by atoms with Gasteiger partial charge in [-0.3, -0.25) is 4.79 Å². The molecule has 1 fully saturated rings. The first-order valence-electron chi connectivity index (χ1n) is 6.25. The fourth-order valence-electron chi connectivity index (χ4n) is 1.99. The van der Waals surface area contributed by atoms with Crippen molar-refractivity contribution < 1.29 is 14.6 Å². The van der Waals surface area contributed by atoms with Gasteiger partial charge in [0.25, 0.3) is 0 Å². The van der Waals surface area contributed by atoms with Crippen LogP contribution in [0.25, 0.3) is 0 Å². The molecule has 1 saturated heterocycles. The zero-order valence-electron chi connectivity index (χ0n) is 10.6. The molecule has 0 radical (unpaired) electrons. The predicted molar refractivity (Wildman–Crippen MR) is 70.4 cm³/mol. The molecule has 1 heterocycles. The lowest BCUT2D eigenvalue weighted by molar-refractivity contribution is -0.143. The van der Waals surface area contributed by atoms with Gasteiger partial charge in [-0.05, 0) is 38.4 Å². The first-order valence-corrected chi connectivity index (χ1v) is 7.30. The lowest BCUT2D eigenvalue weighted by Gasteiger charge is -2.23. The van der Waals surface area contributed by atoms with E-state index in [0.29, 0.717) is 24.2 Å². The van der Waals surface area contributed by atoms with Crippen molar-refractivity contribution >= 4 is 17.7 Å². The largest absolute Gasteiger partial charge is 0.480 e. The van der Waals surface area contributed by atoms with Gasteiger partial charge in [-0.15, -0.1) is 0 Å². The van der Waals surface area contributed by atoms with Crippen LogP contribution in [0.5, 0.6) is 0 Å². The summed E-state index contributed by atoms with van der Waals surface area (Å²) in [5.41, 5.74) is 4.78. The molecule has 0 aromatic heterocycles. The number of nitrogens with two attached hydrogens (primary N) is 1. The Bertz CT molecular complexity index is 262. The molecule has 0 saturated carbocycles. The Morgan fingerprint density at radius 1 is 1.65 bits per heavy atom. The zero-order valence-corrected chi connectivity index (χ0v) is 11.5. The average Bonchev–Trinajstić information content (AvgIpc) is 2.70.